The Morgan fingerprint density at radius 3 is 2.95 bits per heavy atom. The SMILES string of the molecule is CCCNC(CC1CCOC1)c1cccc(F)c1F. The van der Waals surface area contributed by atoms with Crippen molar-refractivity contribution in [3.05, 3.63) is 35.4 Å². The molecule has 2 nitrogen and oxygen atoms in total. The average Bonchev–Trinajstić information content (AvgIpc) is 2.91. The summed E-state index contributed by atoms with van der Waals surface area (Å²) in [4.78, 5) is 0. The molecule has 1 aromatic carbocycles. The maximum Gasteiger partial charge on any atom is 0.163 e. The molecule has 0 bridgehead atoms. The van der Waals surface area contributed by atoms with Gasteiger partial charge in [-0.1, -0.05) is 19.1 Å². The number of hydrogen-bond donors (Lipinski definition) is 1. The summed E-state index contributed by atoms with van der Waals surface area (Å²) in [7, 11) is 0. The second kappa shape index (κ2) is 6.96. The van der Waals surface area contributed by atoms with E-state index in [1.54, 1.807) is 12.1 Å². The first-order chi connectivity index (χ1) is 9.22. The van der Waals surface area contributed by atoms with E-state index in [0.717, 1.165) is 45.1 Å². The van der Waals surface area contributed by atoms with Gasteiger partial charge in [0, 0.05) is 24.8 Å². The molecule has 1 aliphatic rings. The van der Waals surface area contributed by atoms with Crippen LogP contribution in [0.15, 0.2) is 18.2 Å². The molecule has 0 aliphatic carbocycles. The second-order valence-electron chi connectivity index (χ2n) is 5.12. The number of rotatable bonds is 6. The zero-order chi connectivity index (χ0) is 13.7. The highest BCUT2D eigenvalue weighted by molar-refractivity contribution is 5.22. The minimum Gasteiger partial charge on any atom is -0.381 e. The van der Waals surface area contributed by atoms with Crippen LogP contribution in [0.2, 0.25) is 0 Å². The first-order valence-corrected chi connectivity index (χ1v) is 6.97. The predicted molar refractivity (Wildman–Crippen MR) is 70.9 cm³/mol. The van der Waals surface area contributed by atoms with Crippen LogP contribution in [-0.4, -0.2) is 19.8 Å². The lowest BCUT2D eigenvalue weighted by Crippen LogP contribution is -2.26. The van der Waals surface area contributed by atoms with Crippen molar-refractivity contribution in [2.45, 2.75) is 32.2 Å². The summed E-state index contributed by atoms with van der Waals surface area (Å²) < 4.78 is 32.6. The number of nitrogens with one attached hydrogen (secondary N) is 1. The summed E-state index contributed by atoms with van der Waals surface area (Å²) in [5, 5.41) is 3.32. The minimum absolute atomic E-state index is 0.137. The van der Waals surface area contributed by atoms with Crippen LogP contribution >= 0.6 is 0 Å². The van der Waals surface area contributed by atoms with Crippen molar-refractivity contribution >= 4 is 0 Å². The maximum atomic E-state index is 13.9. The maximum absolute atomic E-state index is 13.9. The molecule has 0 aromatic heterocycles. The van der Waals surface area contributed by atoms with E-state index in [9.17, 15) is 8.78 Å². The predicted octanol–water partition coefficient (Wildman–Crippen LogP) is 3.43. The highest BCUT2D eigenvalue weighted by Gasteiger charge is 2.24. The Kier molecular flexibility index (Phi) is 5.28. The molecule has 1 fully saturated rings. The van der Waals surface area contributed by atoms with Gasteiger partial charge in [0.25, 0.3) is 0 Å². The quantitative estimate of drug-likeness (QED) is 0.854. The standard InChI is InChI=1S/C15H21F2NO/c1-2-7-18-14(9-11-6-8-19-10-11)12-4-3-5-13(16)15(12)17/h3-5,11,14,18H,2,6-10H2,1H3. The lowest BCUT2D eigenvalue weighted by atomic mass is 9.93. The topological polar surface area (TPSA) is 21.3 Å². The Hall–Kier alpha value is -1.00. The highest BCUT2D eigenvalue weighted by atomic mass is 19.2. The largest absolute Gasteiger partial charge is 0.381 e. The van der Waals surface area contributed by atoms with Gasteiger partial charge in [-0.25, -0.2) is 8.78 Å². The second-order valence-corrected chi connectivity index (χ2v) is 5.12. The van der Waals surface area contributed by atoms with E-state index in [2.05, 4.69) is 12.2 Å². The minimum atomic E-state index is -0.775. The Balaban J connectivity index is 2.13. The summed E-state index contributed by atoms with van der Waals surface area (Å²) in [5.74, 6) is -1.07. The zero-order valence-electron chi connectivity index (χ0n) is 11.3. The van der Waals surface area contributed by atoms with Gasteiger partial charge >= 0.3 is 0 Å². The molecule has 4 heteroatoms. The summed E-state index contributed by atoms with van der Waals surface area (Å²) >= 11 is 0. The van der Waals surface area contributed by atoms with Crippen molar-refractivity contribution < 1.29 is 13.5 Å². The summed E-state index contributed by atoms with van der Waals surface area (Å²) in [6, 6.07) is 4.26. The molecule has 0 amide bonds. The molecule has 106 valence electrons. The Labute approximate surface area is 113 Å². The van der Waals surface area contributed by atoms with Crippen LogP contribution in [0, 0.1) is 17.6 Å². The molecule has 1 aromatic rings. The monoisotopic (exact) mass is 269 g/mol. The van der Waals surface area contributed by atoms with Crippen molar-refractivity contribution in [3.63, 3.8) is 0 Å². The van der Waals surface area contributed by atoms with Gasteiger partial charge < -0.3 is 10.1 Å². The van der Waals surface area contributed by atoms with Crippen LogP contribution in [0.1, 0.15) is 37.8 Å². The van der Waals surface area contributed by atoms with Gasteiger partial charge in [0.05, 0.1) is 0 Å². The zero-order valence-corrected chi connectivity index (χ0v) is 11.3. The van der Waals surface area contributed by atoms with Crippen molar-refractivity contribution in [2.75, 3.05) is 19.8 Å². The molecule has 0 radical (unpaired) electrons. The van der Waals surface area contributed by atoms with Crippen LogP contribution in [0.3, 0.4) is 0 Å². The molecule has 0 saturated carbocycles. The van der Waals surface area contributed by atoms with Gasteiger partial charge in [-0.05, 0) is 37.8 Å². The molecule has 1 N–H and O–H groups in total. The molecule has 19 heavy (non-hydrogen) atoms. The summed E-state index contributed by atoms with van der Waals surface area (Å²) in [6.07, 6.45) is 2.76. The lowest BCUT2D eigenvalue weighted by Gasteiger charge is -2.22. The third-order valence-corrected chi connectivity index (χ3v) is 3.59. The van der Waals surface area contributed by atoms with Gasteiger partial charge in [-0.15, -0.1) is 0 Å². The van der Waals surface area contributed by atoms with Crippen LogP contribution in [0.5, 0.6) is 0 Å². The van der Waals surface area contributed by atoms with E-state index in [4.69, 9.17) is 4.74 Å². The summed E-state index contributed by atoms with van der Waals surface area (Å²) in [6.45, 7) is 4.36. The Morgan fingerprint density at radius 2 is 2.26 bits per heavy atom. The average molecular weight is 269 g/mol. The van der Waals surface area contributed by atoms with Crippen molar-refractivity contribution in [2.24, 2.45) is 5.92 Å². The van der Waals surface area contributed by atoms with E-state index in [-0.39, 0.29) is 6.04 Å². The van der Waals surface area contributed by atoms with E-state index < -0.39 is 11.6 Å². The Morgan fingerprint density at radius 1 is 1.42 bits per heavy atom. The Bertz CT molecular complexity index is 405. The normalized spacial score (nSPS) is 20.7. The van der Waals surface area contributed by atoms with Crippen LogP contribution in [0.25, 0.3) is 0 Å². The van der Waals surface area contributed by atoms with E-state index >= 15 is 0 Å². The lowest BCUT2D eigenvalue weighted by molar-refractivity contribution is 0.181. The van der Waals surface area contributed by atoms with Crippen molar-refractivity contribution in [1.82, 2.24) is 5.32 Å². The van der Waals surface area contributed by atoms with Crippen LogP contribution in [-0.2, 0) is 4.74 Å². The van der Waals surface area contributed by atoms with Gasteiger partial charge in [0.15, 0.2) is 11.6 Å². The molecular weight excluding hydrogens is 248 g/mol. The molecule has 2 unspecified atom stereocenters. The number of halogens is 2. The third kappa shape index (κ3) is 3.74. The van der Waals surface area contributed by atoms with Crippen molar-refractivity contribution in [3.8, 4) is 0 Å². The molecule has 0 spiro atoms. The first kappa shape index (κ1) is 14.4. The smallest absolute Gasteiger partial charge is 0.163 e. The molecule has 1 aliphatic heterocycles. The fraction of sp³-hybridized carbons (Fsp3) is 0.600. The van der Waals surface area contributed by atoms with E-state index in [1.807, 2.05) is 0 Å². The molecule has 2 rings (SSSR count). The number of hydrogen-bond acceptors (Lipinski definition) is 2. The van der Waals surface area contributed by atoms with Crippen molar-refractivity contribution in [1.29, 1.82) is 0 Å². The van der Waals surface area contributed by atoms with Crippen LogP contribution in [0.4, 0.5) is 8.78 Å². The van der Waals surface area contributed by atoms with Crippen LogP contribution < -0.4 is 5.32 Å². The fourth-order valence-corrected chi connectivity index (χ4v) is 2.53. The summed E-state index contributed by atoms with van der Waals surface area (Å²) in [5.41, 5.74) is 0.431. The number of ether oxygens (including phenoxy) is 1. The van der Waals surface area contributed by atoms with Gasteiger partial charge in [-0.2, -0.15) is 0 Å². The molecule has 1 saturated heterocycles. The molecule has 2 atom stereocenters. The first-order valence-electron chi connectivity index (χ1n) is 6.97. The number of benzene rings is 1. The van der Waals surface area contributed by atoms with E-state index in [0.29, 0.717) is 11.5 Å². The van der Waals surface area contributed by atoms with Gasteiger partial charge in [-0.3, -0.25) is 0 Å². The molecular formula is C15H21F2NO. The van der Waals surface area contributed by atoms with Gasteiger partial charge in [0.2, 0.25) is 0 Å². The van der Waals surface area contributed by atoms with Gasteiger partial charge in [0.1, 0.15) is 0 Å². The highest BCUT2D eigenvalue weighted by Crippen LogP contribution is 2.28. The fourth-order valence-electron chi connectivity index (χ4n) is 2.53. The molecule has 1 heterocycles. The van der Waals surface area contributed by atoms with E-state index in [1.165, 1.54) is 0 Å². The third-order valence-electron chi connectivity index (χ3n) is 3.59.